The largest absolute Gasteiger partial charge is 0.496 e. The quantitative estimate of drug-likeness (QED) is 0.139. The van der Waals surface area contributed by atoms with Crippen LogP contribution in [0.1, 0.15) is 56.7 Å². The number of hydrogen-bond donors (Lipinski definition) is 3. The molecule has 9 rings (SSSR count). The number of carbonyl (C=O) groups is 4. The summed E-state index contributed by atoms with van der Waals surface area (Å²) in [5, 5.41) is 13.9. The standard InChI is InChI=1S/C47H52N10O5/c1-31-25-34(3-4-35(31)27-49-46(60)39-28-48-16-11-42(39)62-2)44-40(30-58)45-50-41-10-9-38(26-33(41)14-20-57(45)52-44)55-23-21-53(22-24-55)29-32-12-17-54(18-13-32)36-5-7-37(8-6-36)56-19-15-43(59)51-47(56)61/h3-11,16,25-26,28,30,32,50H,12-15,17-24,27,29H2,1-2H3,(H,49,60)(H,51,59,61). The Morgan fingerprint density at radius 1 is 0.855 bits per heavy atom. The van der Waals surface area contributed by atoms with Gasteiger partial charge in [0.25, 0.3) is 5.91 Å². The molecule has 2 aromatic heterocycles. The van der Waals surface area contributed by atoms with Crippen LogP contribution in [0, 0.1) is 12.8 Å². The molecule has 6 heterocycles. The number of imide groups is 1. The van der Waals surface area contributed by atoms with Gasteiger partial charge in [0.15, 0.2) is 6.29 Å². The monoisotopic (exact) mass is 836 g/mol. The molecule has 3 N–H and O–H groups in total. The van der Waals surface area contributed by atoms with Gasteiger partial charge in [-0.25, -0.2) is 9.48 Å². The van der Waals surface area contributed by atoms with Crippen molar-refractivity contribution in [2.24, 2.45) is 5.92 Å². The molecule has 62 heavy (non-hydrogen) atoms. The molecule has 3 fully saturated rings. The van der Waals surface area contributed by atoms with Crippen LogP contribution in [0.4, 0.5) is 33.4 Å². The topological polar surface area (TPSA) is 157 Å². The van der Waals surface area contributed by atoms with E-state index >= 15 is 0 Å². The number of rotatable bonds is 11. The van der Waals surface area contributed by atoms with Crippen molar-refractivity contribution in [1.29, 1.82) is 0 Å². The lowest BCUT2D eigenvalue weighted by Gasteiger charge is -2.40. The van der Waals surface area contributed by atoms with Gasteiger partial charge < -0.3 is 25.2 Å². The molecule has 4 amide bonds. The Kier molecular flexibility index (Phi) is 11.6. The van der Waals surface area contributed by atoms with Crippen LogP contribution < -0.4 is 35.4 Å². The molecule has 15 nitrogen and oxygen atoms in total. The van der Waals surface area contributed by atoms with Crippen molar-refractivity contribution in [2.75, 3.05) is 79.5 Å². The Labute approximate surface area is 361 Å². The van der Waals surface area contributed by atoms with Crippen LogP contribution in [0.25, 0.3) is 11.3 Å². The summed E-state index contributed by atoms with van der Waals surface area (Å²) < 4.78 is 7.22. The zero-order valence-corrected chi connectivity index (χ0v) is 35.2. The smallest absolute Gasteiger partial charge is 0.328 e. The van der Waals surface area contributed by atoms with Gasteiger partial charge in [-0.1, -0.05) is 12.1 Å². The van der Waals surface area contributed by atoms with Gasteiger partial charge >= 0.3 is 6.03 Å². The predicted molar refractivity (Wildman–Crippen MR) is 239 cm³/mol. The number of aldehydes is 1. The minimum atomic E-state index is -0.354. The number of nitrogens with zero attached hydrogens (tertiary/aromatic N) is 7. The maximum absolute atomic E-state index is 12.9. The minimum absolute atomic E-state index is 0.222. The Morgan fingerprint density at radius 3 is 2.35 bits per heavy atom. The van der Waals surface area contributed by atoms with Crippen molar-refractivity contribution in [3.05, 3.63) is 107 Å². The summed E-state index contributed by atoms with van der Waals surface area (Å²) in [6.07, 6.45) is 7.36. The van der Waals surface area contributed by atoms with Gasteiger partial charge in [-0.05, 0) is 103 Å². The number of aromatic nitrogens is 3. The number of pyridine rings is 1. The molecule has 15 heteroatoms. The lowest BCUT2D eigenvalue weighted by atomic mass is 9.95. The third-order valence-corrected chi connectivity index (χ3v) is 12.8. The Bertz CT molecular complexity index is 2490. The van der Waals surface area contributed by atoms with Crippen LogP contribution in [0.5, 0.6) is 5.75 Å². The van der Waals surface area contributed by atoms with Crippen molar-refractivity contribution in [2.45, 2.75) is 45.7 Å². The number of nitrogens with one attached hydrogen (secondary N) is 3. The van der Waals surface area contributed by atoms with Crippen LogP contribution in [-0.2, 0) is 24.3 Å². The highest BCUT2D eigenvalue weighted by Crippen LogP contribution is 2.36. The van der Waals surface area contributed by atoms with Crippen LogP contribution in [0.3, 0.4) is 0 Å². The van der Waals surface area contributed by atoms with Crippen LogP contribution in [0.2, 0.25) is 0 Å². The number of aryl methyl sites for hydroxylation is 3. The van der Waals surface area contributed by atoms with Crippen LogP contribution in [-0.4, -0.2) is 103 Å². The molecular formula is C47H52N10O5. The molecular weight excluding hydrogens is 785 g/mol. The Hall–Kier alpha value is -6.74. The molecule has 0 aliphatic carbocycles. The zero-order chi connectivity index (χ0) is 42.7. The second-order valence-corrected chi connectivity index (χ2v) is 16.6. The van der Waals surface area contributed by atoms with E-state index in [0.717, 1.165) is 99.4 Å². The summed E-state index contributed by atoms with van der Waals surface area (Å²) in [4.78, 5) is 62.5. The lowest BCUT2D eigenvalue weighted by molar-refractivity contribution is -0.120. The number of methoxy groups -OCH3 is 1. The Morgan fingerprint density at radius 2 is 1.61 bits per heavy atom. The average molecular weight is 837 g/mol. The van der Waals surface area contributed by atoms with Crippen molar-refractivity contribution in [3.8, 4) is 17.0 Å². The van der Waals surface area contributed by atoms with Gasteiger partial charge in [0.05, 0.1) is 18.2 Å². The highest BCUT2D eigenvalue weighted by atomic mass is 16.5. The van der Waals surface area contributed by atoms with Crippen molar-refractivity contribution >= 4 is 52.7 Å². The zero-order valence-electron chi connectivity index (χ0n) is 35.2. The van der Waals surface area contributed by atoms with E-state index in [0.29, 0.717) is 60.4 Å². The second kappa shape index (κ2) is 17.7. The normalized spacial score (nSPS) is 17.1. The molecule has 3 saturated heterocycles. The van der Waals surface area contributed by atoms with Gasteiger partial charge in [-0.2, -0.15) is 5.10 Å². The van der Waals surface area contributed by atoms with Gasteiger partial charge in [0.2, 0.25) is 5.91 Å². The highest BCUT2D eigenvalue weighted by Gasteiger charge is 2.28. The molecule has 0 atom stereocenters. The summed E-state index contributed by atoms with van der Waals surface area (Å²) >= 11 is 0. The van der Waals surface area contributed by atoms with Crippen molar-refractivity contribution < 1.29 is 23.9 Å². The van der Waals surface area contributed by atoms with Gasteiger partial charge in [0, 0.05) is 113 Å². The van der Waals surface area contributed by atoms with E-state index in [-0.39, 0.29) is 17.8 Å². The van der Waals surface area contributed by atoms with Gasteiger partial charge in [-0.3, -0.25) is 34.5 Å². The molecule has 4 aliphatic heterocycles. The summed E-state index contributed by atoms with van der Waals surface area (Å²) in [7, 11) is 1.52. The summed E-state index contributed by atoms with van der Waals surface area (Å²) in [5.74, 6) is 1.34. The van der Waals surface area contributed by atoms with E-state index in [1.807, 2.05) is 41.9 Å². The van der Waals surface area contributed by atoms with E-state index in [1.165, 1.54) is 30.2 Å². The minimum Gasteiger partial charge on any atom is -0.496 e. The number of urea groups is 1. The van der Waals surface area contributed by atoms with Gasteiger partial charge in [-0.15, -0.1) is 0 Å². The molecule has 320 valence electrons. The number of amides is 4. The number of piperazine rings is 1. The number of carbonyl (C=O) groups excluding carboxylic acids is 4. The third-order valence-electron chi connectivity index (χ3n) is 12.8. The average Bonchev–Trinajstić information content (AvgIpc) is 3.55. The van der Waals surface area contributed by atoms with E-state index in [9.17, 15) is 19.2 Å². The first-order valence-electron chi connectivity index (χ1n) is 21.5. The second-order valence-electron chi connectivity index (χ2n) is 16.6. The molecule has 4 aliphatic rings. The first kappa shape index (κ1) is 40.7. The number of hydrogen-bond acceptors (Lipinski definition) is 11. The number of piperidine rings is 1. The number of ether oxygens (including phenoxy) is 1. The number of fused-ring (bicyclic) bond motifs is 2. The van der Waals surface area contributed by atoms with Crippen LogP contribution >= 0.6 is 0 Å². The summed E-state index contributed by atoms with van der Waals surface area (Å²) in [5.41, 5.74) is 9.68. The number of benzene rings is 3. The fourth-order valence-electron chi connectivity index (χ4n) is 9.18. The Balaban J connectivity index is 0.770. The van der Waals surface area contributed by atoms with Crippen molar-refractivity contribution in [1.82, 2.24) is 30.3 Å². The van der Waals surface area contributed by atoms with E-state index < -0.39 is 0 Å². The molecule has 3 aromatic carbocycles. The van der Waals surface area contributed by atoms with Crippen molar-refractivity contribution in [3.63, 3.8) is 0 Å². The molecule has 0 radical (unpaired) electrons. The fraction of sp³-hybridized carbons (Fsp3) is 0.362. The highest BCUT2D eigenvalue weighted by molar-refractivity contribution is 6.05. The molecule has 0 unspecified atom stereocenters. The summed E-state index contributed by atoms with van der Waals surface area (Å²) in [6.45, 7) is 10.5. The lowest BCUT2D eigenvalue weighted by Crippen LogP contribution is -2.49. The van der Waals surface area contributed by atoms with Crippen LogP contribution in [0.15, 0.2) is 79.1 Å². The summed E-state index contributed by atoms with van der Waals surface area (Å²) in [6, 6.07) is 22.0. The van der Waals surface area contributed by atoms with Gasteiger partial charge in [0.1, 0.15) is 17.3 Å². The first-order valence-corrected chi connectivity index (χ1v) is 21.5. The molecule has 5 aromatic rings. The third kappa shape index (κ3) is 8.44. The predicted octanol–water partition coefficient (Wildman–Crippen LogP) is 5.79. The fourth-order valence-corrected chi connectivity index (χ4v) is 9.18. The van der Waals surface area contributed by atoms with E-state index in [4.69, 9.17) is 9.84 Å². The molecule has 0 saturated carbocycles. The maximum Gasteiger partial charge on any atom is 0.328 e. The van der Waals surface area contributed by atoms with E-state index in [2.05, 4.69) is 66.0 Å². The molecule has 0 spiro atoms. The van der Waals surface area contributed by atoms with E-state index in [1.54, 1.807) is 17.2 Å². The maximum atomic E-state index is 12.9. The molecule has 0 bridgehead atoms. The SMILES string of the molecule is COc1ccncc1C(=O)NCc1ccc(-c2nn3c(c2C=O)Nc2ccc(N4CCN(CC5CCN(c6ccc(N7CCC(=O)NC7=O)cc6)CC5)CC4)cc2CC3)cc1C. The first-order chi connectivity index (χ1) is 30.2. The number of anilines is 5.